The Bertz CT molecular complexity index is 818. The van der Waals surface area contributed by atoms with E-state index >= 15 is 0 Å². The van der Waals surface area contributed by atoms with E-state index in [4.69, 9.17) is 13.7 Å². The van der Waals surface area contributed by atoms with Gasteiger partial charge in [0.25, 0.3) is 0 Å². The van der Waals surface area contributed by atoms with Gasteiger partial charge in [-0.15, -0.1) is 0 Å². The van der Waals surface area contributed by atoms with E-state index in [9.17, 15) is 14.4 Å². The summed E-state index contributed by atoms with van der Waals surface area (Å²) in [7, 11) is 4.39. The molecular weight excluding hydrogens is 382 g/mol. The molecule has 3 N–H and O–H groups in total. The third-order valence-corrected chi connectivity index (χ3v) is 4.65. The zero-order chi connectivity index (χ0) is 19.6. The number of ether oxygens (including phenoxy) is 2. The van der Waals surface area contributed by atoms with Crippen molar-refractivity contribution in [3.8, 4) is 0 Å². The minimum Gasteiger partial charge on any atom is -0.387 e. The molecular formula is C14H21N5O7S. The van der Waals surface area contributed by atoms with E-state index in [2.05, 4.69) is 24.5 Å². The Morgan fingerprint density at radius 3 is 2.78 bits per heavy atom. The lowest BCUT2D eigenvalue weighted by atomic mass is 10.1. The maximum absolute atomic E-state index is 11.3. The third-order valence-electron chi connectivity index (χ3n) is 4.07. The van der Waals surface area contributed by atoms with Crippen molar-refractivity contribution in [1.29, 1.82) is 0 Å². The van der Waals surface area contributed by atoms with Gasteiger partial charge in [0.15, 0.2) is 29.0 Å². The lowest BCUT2D eigenvalue weighted by molar-refractivity contribution is -0.0580. The monoisotopic (exact) mass is 403 g/mol. The average Bonchev–Trinajstić information content (AvgIpc) is 3.21. The van der Waals surface area contributed by atoms with Crippen molar-refractivity contribution in [2.45, 2.75) is 31.1 Å². The molecule has 1 aliphatic heterocycles. The standard InChI is InChI=1S/C14H21N5O7S/c1-15-12-9-13(18-8(17-12)5-25-27(22)24-3)19(6-16-9)14-11(21)10(20)7(26-14)4-23-2/h6-7,10-11,14,20-21H,4-5H2,1-3H3,(H,15,17,18). The molecule has 0 aromatic carbocycles. The summed E-state index contributed by atoms with van der Waals surface area (Å²) in [6.45, 7) is -0.0424. The Morgan fingerprint density at radius 1 is 1.33 bits per heavy atom. The van der Waals surface area contributed by atoms with Crippen LogP contribution in [0, 0.1) is 0 Å². The first kappa shape index (κ1) is 20.0. The minimum atomic E-state index is -1.92. The third kappa shape index (κ3) is 3.94. The van der Waals surface area contributed by atoms with Gasteiger partial charge in [0, 0.05) is 14.2 Å². The summed E-state index contributed by atoms with van der Waals surface area (Å²) in [6.07, 6.45) is -2.48. The van der Waals surface area contributed by atoms with E-state index in [1.165, 1.54) is 25.1 Å². The van der Waals surface area contributed by atoms with Crippen LogP contribution in [0.3, 0.4) is 0 Å². The van der Waals surface area contributed by atoms with Gasteiger partial charge in [-0.05, 0) is 0 Å². The normalized spacial score (nSPS) is 26.6. The van der Waals surface area contributed by atoms with Crippen molar-refractivity contribution < 1.29 is 32.3 Å². The topological polar surface area (TPSA) is 150 Å². The van der Waals surface area contributed by atoms with Crippen LogP contribution in [-0.2, 0) is 35.8 Å². The molecule has 0 amide bonds. The Balaban J connectivity index is 1.95. The number of fused-ring (bicyclic) bond motifs is 1. The van der Waals surface area contributed by atoms with Crippen LogP contribution < -0.4 is 5.32 Å². The molecule has 12 nitrogen and oxygen atoms in total. The number of hydrogen-bond acceptors (Lipinski definition) is 11. The van der Waals surface area contributed by atoms with E-state index < -0.39 is 35.9 Å². The van der Waals surface area contributed by atoms with Gasteiger partial charge in [-0.3, -0.25) is 12.9 Å². The lowest BCUT2D eigenvalue weighted by Crippen LogP contribution is -2.33. The van der Waals surface area contributed by atoms with Crippen LogP contribution in [0.5, 0.6) is 0 Å². The molecule has 5 unspecified atom stereocenters. The lowest BCUT2D eigenvalue weighted by Gasteiger charge is -2.17. The fourth-order valence-electron chi connectivity index (χ4n) is 2.80. The molecule has 150 valence electrons. The fraction of sp³-hybridized carbons (Fsp3) is 0.643. The molecule has 0 bridgehead atoms. The predicted octanol–water partition coefficient (Wildman–Crippen LogP) is -1.12. The van der Waals surface area contributed by atoms with Gasteiger partial charge in [0.2, 0.25) is 0 Å². The van der Waals surface area contributed by atoms with E-state index in [1.54, 1.807) is 7.05 Å². The van der Waals surface area contributed by atoms with E-state index in [0.717, 1.165) is 0 Å². The van der Waals surface area contributed by atoms with E-state index in [0.29, 0.717) is 17.0 Å². The maximum Gasteiger partial charge on any atom is 0.304 e. The van der Waals surface area contributed by atoms with E-state index in [1.807, 2.05) is 0 Å². The van der Waals surface area contributed by atoms with Gasteiger partial charge in [-0.25, -0.2) is 15.0 Å². The Kier molecular flexibility index (Phi) is 6.31. The smallest absolute Gasteiger partial charge is 0.304 e. The quantitative estimate of drug-likeness (QED) is 0.491. The van der Waals surface area contributed by atoms with Crippen molar-refractivity contribution in [3.63, 3.8) is 0 Å². The van der Waals surface area contributed by atoms with Crippen LogP contribution in [0.15, 0.2) is 6.33 Å². The van der Waals surface area contributed by atoms with Gasteiger partial charge in [-0.1, -0.05) is 0 Å². The van der Waals surface area contributed by atoms with Crippen molar-refractivity contribution >= 4 is 28.3 Å². The molecule has 13 heteroatoms. The summed E-state index contributed by atoms with van der Waals surface area (Å²) in [5, 5.41) is 23.4. The van der Waals surface area contributed by atoms with Crippen LogP contribution in [0.25, 0.3) is 11.2 Å². The number of rotatable bonds is 8. The molecule has 0 spiro atoms. The molecule has 0 saturated carbocycles. The van der Waals surface area contributed by atoms with Crippen molar-refractivity contribution in [2.24, 2.45) is 0 Å². The highest BCUT2D eigenvalue weighted by atomic mass is 32.2. The molecule has 27 heavy (non-hydrogen) atoms. The van der Waals surface area contributed by atoms with Gasteiger partial charge in [0.05, 0.1) is 20.0 Å². The zero-order valence-electron chi connectivity index (χ0n) is 14.9. The fourth-order valence-corrected chi connectivity index (χ4v) is 3.09. The highest BCUT2D eigenvalue weighted by Gasteiger charge is 2.44. The Labute approximate surface area is 157 Å². The molecule has 1 aliphatic rings. The van der Waals surface area contributed by atoms with Gasteiger partial charge < -0.3 is 25.0 Å². The van der Waals surface area contributed by atoms with Crippen molar-refractivity contribution in [2.75, 3.05) is 33.2 Å². The summed E-state index contributed by atoms with van der Waals surface area (Å²) in [4.78, 5) is 12.9. The first-order chi connectivity index (χ1) is 13.0. The van der Waals surface area contributed by atoms with Crippen LogP contribution in [0.1, 0.15) is 12.1 Å². The second-order valence-electron chi connectivity index (χ2n) is 5.70. The van der Waals surface area contributed by atoms with E-state index in [-0.39, 0.29) is 19.0 Å². The summed E-state index contributed by atoms with van der Waals surface area (Å²) in [6, 6.07) is 0. The van der Waals surface area contributed by atoms with Crippen LogP contribution >= 0.6 is 0 Å². The second kappa shape index (κ2) is 8.52. The Morgan fingerprint density at radius 2 is 2.11 bits per heavy atom. The largest absolute Gasteiger partial charge is 0.387 e. The number of aliphatic hydroxyl groups is 2. The molecule has 5 atom stereocenters. The number of imidazole rings is 1. The highest BCUT2D eigenvalue weighted by molar-refractivity contribution is 7.75. The minimum absolute atomic E-state index is 0.125. The molecule has 2 aromatic heterocycles. The first-order valence-corrected chi connectivity index (χ1v) is 9.01. The molecule has 3 heterocycles. The number of methoxy groups -OCH3 is 1. The molecule has 0 radical (unpaired) electrons. The second-order valence-corrected chi connectivity index (χ2v) is 6.67. The summed E-state index contributed by atoms with van der Waals surface area (Å²) in [5.74, 6) is 0.641. The average molecular weight is 403 g/mol. The highest BCUT2D eigenvalue weighted by Crippen LogP contribution is 2.32. The van der Waals surface area contributed by atoms with Crippen LogP contribution in [0.2, 0.25) is 0 Å². The summed E-state index contributed by atoms with van der Waals surface area (Å²) in [5.41, 5.74) is 0.792. The Hall–Kier alpha value is -1.74. The van der Waals surface area contributed by atoms with Gasteiger partial charge in [0.1, 0.15) is 24.9 Å². The number of aliphatic hydroxyl groups excluding tert-OH is 2. The number of nitrogens with zero attached hydrogens (tertiary/aromatic N) is 4. The predicted molar refractivity (Wildman–Crippen MR) is 92.6 cm³/mol. The number of aromatic nitrogens is 4. The number of anilines is 1. The van der Waals surface area contributed by atoms with Gasteiger partial charge >= 0.3 is 11.4 Å². The molecule has 1 saturated heterocycles. The first-order valence-electron chi connectivity index (χ1n) is 8.01. The summed E-state index contributed by atoms with van der Waals surface area (Å²) >= 11 is -1.92. The molecule has 0 aliphatic carbocycles. The van der Waals surface area contributed by atoms with Crippen LogP contribution in [0.4, 0.5) is 5.82 Å². The molecule has 1 fully saturated rings. The summed E-state index contributed by atoms with van der Waals surface area (Å²) < 4.78 is 33.0. The van der Waals surface area contributed by atoms with Gasteiger partial charge in [-0.2, -0.15) is 4.21 Å². The number of hydrogen-bond donors (Lipinski definition) is 3. The number of nitrogens with one attached hydrogen (secondary N) is 1. The van der Waals surface area contributed by atoms with Crippen molar-refractivity contribution in [1.82, 2.24) is 19.5 Å². The SMILES string of the molecule is CNc1nc(COS(=O)OC)nc2c1ncn2C1OC(COC)C(O)C1O. The molecule has 3 rings (SSSR count). The molecule has 2 aromatic rings. The zero-order valence-corrected chi connectivity index (χ0v) is 15.8. The van der Waals surface area contributed by atoms with Crippen molar-refractivity contribution in [3.05, 3.63) is 12.2 Å². The maximum atomic E-state index is 11.3. The van der Waals surface area contributed by atoms with Crippen LogP contribution in [-0.4, -0.2) is 80.1 Å².